The van der Waals surface area contributed by atoms with Crippen molar-refractivity contribution in [2.24, 2.45) is 0 Å². The summed E-state index contributed by atoms with van der Waals surface area (Å²) in [4.78, 5) is 27.2. The number of amides is 1. The molecule has 0 spiro atoms. The van der Waals surface area contributed by atoms with E-state index in [1.54, 1.807) is 12.3 Å². The molecule has 1 amide bonds. The molecule has 0 unspecified atom stereocenters. The minimum absolute atomic E-state index is 0.0142. The van der Waals surface area contributed by atoms with Crippen LogP contribution in [0.2, 0.25) is 5.28 Å². The molecule has 5 nitrogen and oxygen atoms in total. The lowest BCUT2D eigenvalue weighted by atomic mass is 10.0. The third-order valence-corrected chi connectivity index (χ3v) is 4.39. The van der Waals surface area contributed by atoms with Gasteiger partial charge in [0, 0.05) is 29.6 Å². The van der Waals surface area contributed by atoms with Gasteiger partial charge in [-0.25, -0.2) is 9.97 Å². The van der Waals surface area contributed by atoms with Gasteiger partial charge in [-0.05, 0) is 48.4 Å². The number of carbonyl (C=O) groups excluding carboxylic acids is 1. The maximum atomic E-state index is 12.8. The van der Waals surface area contributed by atoms with Crippen LogP contribution in [-0.2, 0) is 13.1 Å². The second-order valence-electron chi connectivity index (χ2n) is 6.01. The second kappa shape index (κ2) is 6.26. The predicted molar refractivity (Wildman–Crippen MR) is 95.0 cm³/mol. The number of aromatic nitrogens is 3. The molecular formula is C19H15ClN4O. The number of carbonyl (C=O) groups is 1. The van der Waals surface area contributed by atoms with Gasteiger partial charge in [0.25, 0.3) is 5.91 Å². The van der Waals surface area contributed by atoms with Crippen molar-refractivity contribution in [2.75, 3.05) is 0 Å². The molecule has 0 radical (unpaired) electrons. The molecule has 124 valence electrons. The van der Waals surface area contributed by atoms with Crippen LogP contribution < -0.4 is 0 Å². The van der Waals surface area contributed by atoms with Gasteiger partial charge in [0.05, 0.1) is 17.9 Å². The third-order valence-electron chi connectivity index (χ3n) is 4.21. The quantitative estimate of drug-likeness (QED) is 0.676. The van der Waals surface area contributed by atoms with Crippen molar-refractivity contribution in [3.05, 3.63) is 76.5 Å². The van der Waals surface area contributed by atoms with Crippen LogP contribution in [0.25, 0.3) is 11.3 Å². The number of rotatable bonds is 3. The Morgan fingerprint density at radius 1 is 1.16 bits per heavy atom. The van der Waals surface area contributed by atoms with Crippen LogP contribution in [0.15, 0.2) is 48.7 Å². The van der Waals surface area contributed by atoms with E-state index in [0.29, 0.717) is 24.3 Å². The number of fused-ring (bicyclic) bond motifs is 1. The van der Waals surface area contributed by atoms with Crippen LogP contribution in [0.5, 0.6) is 0 Å². The molecular weight excluding hydrogens is 336 g/mol. The van der Waals surface area contributed by atoms with E-state index in [0.717, 1.165) is 22.5 Å². The highest BCUT2D eigenvalue weighted by molar-refractivity contribution is 6.28. The van der Waals surface area contributed by atoms with E-state index in [1.807, 2.05) is 48.2 Å². The monoisotopic (exact) mass is 350 g/mol. The number of benzene rings is 1. The van der Waals surface area contributed by atoms with Gasteiger partial charge in [-0.1, -0.05) is 18.2 Å². The largest absolute Gasteiger partial charge is 0.328 e. The predicted octanol–water partition coefficient (Wildman–Crippen LogP) is 3.66. The normalized spacial score (nSPS) is 13.2. The molecule has 25 heavy (non-hydrogen) atoms. The smallest absolute Gasteiger partial charge is 0.254 e. The van der Waals surface area contributed by atoms with Gasteiger partial charge in [0.2, 0.25) is 5.28 Å². The van der Waals surface area contributed by atoms with Crippen LogP contribution in [0.3, 0.4) is 0 Å². The average Bonchev–Trinajstić information content (AvgIpc) is 2.90. The Balaban J connectivity index is 1.61. The molecule has 1 aromatic carbocycles. The summed E-state index contributed by atoms with van der Waals surface area (Å²) in [6.07, 6.45) is 1.61. The molecule has 0 saturated carbocycles. The Hall–Kier alpha value is -2.79. The molecule has 0 fully saturated rings. The van der Waals surface area contributed by atoms with Gasteiger partial charge in [-0.3, -0.25) is 9.78 Å². The van der Waals surface area contributed by atoms with Crippen LogP contribution in [0, 0.1) is 6.92 Å². The van der Waals surface area contributed by atoms with Crippen molar-refractivity contribution < 1.29 is 4.79 Å². The minimum atomic E-state index is 0.0142. The van der Waals surface area contributed by atoms with Crippen LogP contribution in [0.1, 0.15) is 27.3 Å². The lowest BCUT2D eigenvalue weighted by molar-refractivity contribution is 0.0764. The molecule has 0 bridgehead atoms. The SMILES string of the molecule is Cc1cccc(CN2Cc3ccc(-c4ccnc(Cl)n4)cc3C2=O)n1. The van der Waals surface area contributed by atoms with Crippen molar-refractivity contribution in [3.63, 3.8) is 0 Å². The topological polar surface area (TPSA) is 59.0 Å². The molecule has 6 heteroatoms. The number of aryl methyl sites for hydroxylation is 1. The van der Waals surface area contributed by atoms with Gasteiger partial charge in [0.15, 0.2) is 0 Å². The molecule has 3 heterocycles. The van der Waals surface area contributed by atoms with Gasteiger partial charge < -0.3 is 4.90 Å². The molecule has 1 aliphatic heterocycles. The van der Waals surface area contributed by atoms with E-state index in [2.05, 4.69) is 15.0 Å². The first-order valence-electron chi connectivity index (χ1n) is 7.94. The standard InChI is InChI=1S/C19H15ClN4O/c1-12-3-2-4-15(22-12)11-24-10-14-6-5-13(9-16(14)18(24)25)17-7-8-21-19(20)23-17/h2-9H,10-11H2,1H3. The summed E-state index contributed by atoms with van der Waals surface area (Å²) >= 11 is 5.86. The Bertz CT molecular complexity index is 973. The number of pyridine rings is 1. The van der Waals surface area contributed by atoms with Gasteiger partial charge in [0.1, 0.15) is 0 Å². The summed E-state index contributed by atoms with van der Waals surface area (Å²) < 4.78 is 0. The highest BCUT2D eigenvalue weighted by Crippen LogP contribution is 2.28. The first kappa shape index (κ1) is 15.7. The molecule has 0 aliphatic carbocycles. The first-order chi connectivity index (χ1) is 12.1. The van der Waals surface area contributed by atoms with Gasteiger partial charge >= 0.3 is 0 Å². The van der Waals surface area contributed by atoms with E-state index in [-0.39, 0.29) is 11.2 Å². The zero-order chi connectivity index (χ0) is 17.4. The lowest BCUT2D eigenvalue weighted by Gasteiger charge is -2.15. The summed E-state index contributed by atoms with van der Waals surface area (Å²) in [5, 5.41) is 0.191. The summed E-state index contributed by atoms with van der Waals surface area (Å²) in [5.74, 6) is 0.0142. The summed E-state index contributed by atoms with van der Waals surface area (Å²) in [7, 11) is 0. The van der Waals surface area contributed by atoms with Crippen LogP contribution in [0.4, 0.5) is 0 Å². The Kier molecular flexibility index (Phi) is 3.93. The fourth-order valence-electron chi connectivity index (χ4n) is 3.03. The zero-order valence-corrected chi connectivity index (χ0v) is 14.4. The highest BCUT2D eigenvalue weighted by atomic mass is 35.5. The highest BCUT2D eigenvalue weighted by Gasteiger charge is 2.28. The lowest BCUT2D eigenvalue weighted by Crippen LogP contribution is -2.23. The number of nitrogens with zero attached hydrogens (tertiary/aromatic N) is 4. The van der Waals surface area contributed by atoms with Gasteiger partial charge in [-0.15, -0.1) is 0 Å². The van der Waals surface area contributed by atoms with Crippen molar-refractivity contribution >= 4 is 17.5 Å². The fraction of sp³-hybridized carbons (Fsp3) is 0.158. The average molecular weight is 351 g/mol. The molecule has 0 atom stereocenters. The third kappa shape index (κ3) is 3.10. The van der Waals surface area contributed by atoms with E-state index in [1.165, 1.54) is 0 Å². The maximum absolute atomic E-state index is 12.8. The summed E-state index contributed by atoms with van der Waals surface area (Å²) in [6.45, 7) is 3.04. The van der Waals surface area contributed by atoms with Crippen molar-refractivity contribution in [1.29, 1.82) is 0 Å². The van der Waals surface area contributed by atoms with E-state index >= 15 is 0 Å². The Morgan fingerprint density at radius 2 is 2.04 bits per heavy atom. The number of hydrogen-bond acceptors (Lipinski definition) is 4. The minimum Gasteiger partial charge on any atom is -0.328 e. The van der Waals surface area contributed by atoms with Crippen LogP contribution in [-0.4, -0.2) is 25.8 Å². The molecule has 3 aromatic rings. The zero-order valence-electron chi connectivity index (χ0n) is 13.6. The molecule has 2 aromatic heterocycles. The van der Waals surface area contributed by atoms with Crippen molar-refractivity contribution in [3.8, 4) is 11.3 Å². The van der Waals surface area contributed by atoms with Crippen LogP contribution >= 0.6 is 11.6 Å². The summed E-state index contributed by atoms with van der Waals surface area (Å²) in [6, 6.07) is 13.4. The van der Waals surface area contributed by atoms with E-state index in [4.69, 9.17) is 11.6 Å². The Morgan fingerprint density at radius 3 is 2.84 bits per heavy atom. The van der Waals surface area contributed by atoms with Gasteiger partial charge in [-0.2, -0.15) is 0 Å². The van der Waals surface area contributed by atoms with Crippen molar-refractivity contribution in [2.45, 2.75) is 20.0 Å². The maximum Gasteiger partial charge on any atom is 0.254 e. The van der Waals surface area contributed by atoms with E-state index < -0.39 is 0 Å². The first-order valence-corrected chi connectivity index (χ1v) is 8.31. The Labute approximate surface area is 150 Å². The molecule has 0 N–H and O–H groups in total. The fourth-order valence-corrected chi connectivity index (χ4v) is 3.17. The van der Waals surface area contributed by atoms with E-state index in [9.17, 15) is 4.79 Å². The number of halogens is 1. The second-order valence-corrected chi connectivity index (χ2v) is 6.35. The molecule has 1 aliphatic rings. The molecule has 4 rings (SSSR count). The summed E-state index contributed by atoms with van der Waals surface area (Å²) in [5.41, 5.74) is 5.12. The van der Waals surface area contributed by atoms with Crippen molar-refractivity contribution in [1.82, 2.24) is 19.9 Å². The number of hydrogen-bond donors (Lipinski definition) is 0. The molecule has 0 saturated heterocycles.